The summed E-state index contributed by atoms with van der Waals surface area (Å²) in [5.41, 5.74) is 2.58. The molecule has 0 amide bonds. The Hall–Kier alpha value is -0.940. The van der Waals surface area contributed by atoms with Crippen molar-refractivity contribution in [3.05, 3.63) is 35.4 Å². The van der Waals surface area contributed by atoms with Crippen LogP contribution in [0.15, 0.2) is 24.3 Å². The Morgan fingerprint density at radius 2 is 2.33 bits per heavy atom. The Balaban J connectivity index is 2.48. The highest BCUT2D eigenvalue weighted by molar-refractivity contribution is 7.98. The molecule has 0 aliphatic rings. The summed E-state index contributed by atoms with van der Waals surface area (Å²) in [4.78, 5) is 0. The highest BCUT2D eigenvalue weighted by Crippen LogP contribution is 2.12. The lowest BCUT2D eigenvalue weighted by molar-refractivity contribution is 1.35. The number of aryl methyl sites for hydroxylation is 1. The molecule has 1 rings (SSSR count). The lowest BCUT2D eigenvalue weighted by atomic mass is 10.2. The summed E-state index contributed by atoms with van der Waals surface area (Å²) < 4.78 is 0. The van der Waals surface area contributed by atoms with E-state index in [0.29, 0.717) is 5.75 Å². The summed E-state index contributed by atoms with van der Waals surface area (Å²) in [6, 6.07) is 10.5. The minimum Gasteiger partial charge on any atom is -0.197 e. The van der Waals surface area contributed by atoms with Crippen LogP contribution in [0.25, 0.3) is 0 Å². The molecule has 0 spiro atoms. The fraction of sp³-hybridized carbons (Fsp3) is 0.300. The highest BCUT2D eigenvalue weighted by atomic mass is 32.2. The Kier molecular flexibility index (Phi) is 3.69. The van der Waals surface area contributed by atoms with Crippen LogP contribution in [-0.2, 0) is 5.75 Å². The Morgan fingerprint density at radius 3 is 3.00 bits per heavy atom. The van der Waals surface area contributed by atoms with E-state index in [-0.39, 0.29) is 0 Å². The van der Waals surface area contributed by atoms with Gasteiger partial charge in [0.1, 0.15) is 0 Å². The second kappa shape index (κ2) is 4.84. The molecule has 0 bridgehead atoms. The van der Waals surface area contributed by atoms with E-state index in [4.69, 9.17) is 5.26 Å². The van der Waals surface area contributed by atoms with E-state index in [2.05, 4.69) is 37.3 Å². The van der Waals surface area contributed by atoms with Crippen molar-refractivity contribution in [3.63, 3.8) is 0 Å². The zero-order valence-corrected chi connectivity index (χ0v) is 7.90. The van der Waals surface area contributed by atoms with Crippen LogP contribution in [0.4, 0.5) is 0 Å². The molecule has 0 atom stereocenters. The Bertz CT molecular complexity index is 288. The van der Waals surface area contributed by atoms with E-state index >= 15 is 0 Å². The number of benzene rings is 1. The second-order valence-electron chi connectivity index (χ2n) is 2.64. The van der Waals surface area contributed by atoms with Gasteiger partial charge in [0.05, 0.1) is 11.8 Å². The van der Waals surface area contributed by atoms with Crippen molar-refractivity contribution in [2.75, 3.05) is 5.75 Å². The summed E-state index contributed by atoms with van der Waals surface area (Å²) in [6.07, 6.45) is 0. The van der Waals surface area contributed by atoms with Crippen LogP contribution in [0.3, 0.4) is 0 Å². The van der Waals surface area contributed by atoms with Crippen LogP contribution >= 0.6 is 11.8 Å². The zero-order valence-electron chi connectivity index (χ0n) is 7.08. The Labute approximate surface area is 77.4 Å². The van der Waals surface area contributed by atoms with Gasteiger partial charge in [-0.3, -0.25) is 0 Å². The van der Waals surface area contributed by atoms with E-state index in [1.165, 1.54) is 11.1 Å². The molecule has 2 heteroatoms. The van der Waals surface area contributed by atoms with Gasteiger partial charge in [0.15, 0.2) is 0 Å². The normalized spacial score (nSPS) is 9.33. The van der Waals surface area contributed by atoms with E-state index in [1.54, 1.807) is 11.8 Å². The number of nitrogens with zero attached hydrogens (tertiary/aromatic N) is 1. The minimum atomic E-state index is 0.577. The van der Waals surface area contributed by atoms with E-state index in [1.807, 2.05) is 0 Å². The number of hydrogen-bond donors (Lipinski definition) is 0. The zero-order chi connectivity index (χ0) is 8.81. The fourth-order valence-corrected chi connectivity index (χ4v) is 1.63. The minimum absolute atomic E-state index is 0.577. The topological polar surface area (TPSA) is 23.8 Å². The summed E-state index contributed by atoms with van der Waals surface area (Å²) >= 11 is 1.65. The van der Waals surface area contributed by atoms with Crippen molar-refractivity contribution in [1.82, 2.24) is 0 Å². The van der Waals surface area contributed by atoms with Crippen molar-refractivity contribution < 1.29 is 0 Å². The molecule has 0 aromatic heterocycles. The van der Waals surface area contributed by atoms with Gasteiger partial charge in [0, 0.05) is 5.75 Å². The lowest BCUT2D eigenvalue weighted by Crippen LogP contribution is -1.82. The van der Waals surface area contributed by atoms with Crippen LogP contribution < -0.4 is 0 Å². The molecule has 1 nitrogen and oxygen atoms in total. The van der Waals surface area contributed by atoms with Gasteiger partial charge in [-0.15, -0.1) is 11.8 Å². The smallest absolute Gasteiger partial charge is 0.0811 e. The van der Waals surface area contributed by atoms with Gasteiger partial charge in [0.2, 0.25) is 0 Å². The lowest BCUT2D eigenvalue weighted by Gasteiger charge is -1.99. The first-order valence-corrected chi connectivity index (χ1v) is 4.98. The van der Waals surface area contributed by atoms with E-state index < -0.39 is 0 Å². The maximum atomic E-state index is 8.33. The van der Waals surface area contributed by atoms with Crippen molar-refractivity contribution >= 4 is 11.8 Å². The molecule has 1 aromatic rings. The van der Waals surface area contributed by atoms with Crippen LogP contribution in [0.5, 0.6) is 0 Å². The highest BCUT2D eigenvalue weighted by Gasteiger charge is 1.92. The molecule has 0 N–H and O–H groups in total. The third-order valence-corrected chi connectivity index (χ3v) is 2.39. The molecule has 62 valence electrons. The van der Waals surface area contributed by atoms with Gasteiger partial charge in [-0.1, -0.05) is 29.8 Å². The van der Waals surface area contributed by atoms with Gasteiger partial charge in [-0.25, -0.2) is 0 Å². The van der Waals surface area contributed by atoms with Crippen molar-refractivity contribution in [2.45, 2.75) is 12.7 Å². The van der Waals surface area contributed by atoms with Gasteiger partial charge >= 0.3 is 0 Å². The molecule has 0 saturated heterocycles. The molecule has 1 aromatic carbocycles. The maximum Gasteiger partial charge on any atom is 0.0811 e. The summed E-state index contributed by atoms with van der Waals surface area (Å²) in [7, 11) is 0. The van der Waals surface area contributed by atoms with Gasteiger partial charge in [-0.2, -0.15) is 5.26 Å². The summed E-state index contributed by atoms with van der Waals surface area (Å²) in [5.74, 6) is 1.52. The second-order valence-corrected chi connectivity index (χ2v) is 3.63. The SMILES string of the molecule is Cc1cccc(CSCC#N)c1. The third-order valence-electron chi connectivity index (χ3n) is 1.52. The molecule has 12 heavy (non-hydrogen) atoms. The first kappa shape index (κ1) is 9.15. The average molecular weight is 177 g/mol. The summed E-state index contributed by atoms with van der Waals surface area (Å²) in [6.45, 7) is 2.08. The van der Waals surface area contributed by atoms with Crippen molar-refractivity contribution in [2.24, 2.45) is 0 Å². The number of thioether (sulfide) groups is 1. The number of rotatable bonds is 3. The molecule has 0 aliphatic heterocycles. The Morgan fingerprint density at radius 1 is 1.50 bits per heavy atom. The summed E-state index contributed by atoms with van der Waals surface area (Å²) in [5, 5.41) is 8.33. The third kappa shape index (κ3) is 2.98. The van der Waals surface area contributed by atoms with E-state index in [9.17, 15) is 0 Å². The van der Waals surface area contributed by atoms with Gasteiger partial charge in [0.25, 0.3) is 0 Å². The molecule has 0 heterocycles. The molecule has 0 radical (unpaired) electrons. The van der Waals surface area contributed by atoms with Crippen LogP contribution in [0.1, 0.15) is 11.1 Å². The quantitative estimate of drug-likeness (QED) is 0.663. The van der Waals surface area contributed by atoms with Crippen LogP contribution in [-0.4, -0.2) is 5.75 Å². The molecular weight excluding hydrogens is 166 g/mol. The first-order valence-electron chi connectivity index (χ1n) is 3.83. The predicted octanol–water partition coefficient (Wildman–Crippen LogP) is 2.75. The fourth-order valence-electron chi connectivity index (χ4n) is 1.02. The molecule has 0 fully saturated rings. The molecule has 0 aliphatic carbocycles. The number of nitriles is 1. The molecule has 0 saturated carbocycles. The predicted molar refractivity (Wildman–Crippen MR) is 53.0 cm³/mol. The maximum absolute atomic E-state index is 8.33. The molecular formula is C10H11NS. The van der Waals surface area contributed by atoms with Crippen molar-refractivity contribution in [1.29, 1.82) is 5.26 Å². The van der Waals surface area contributed by atoms with Crippen molar-refractivity contribution in [3.8, 4) is 6.07 Å². The monoisotopic (exact) mass is 177 g/mol. The molecule has 0 unspecified atom stereocenters. The van der Waals surface area contributed by atoms with Gasteiger partial charge in [-0.05, 0) is 12.5 Å². The average Bonchev–Trinajstić information content (AvgIpc) is 2.05. The first-order chi connectivity index (χ1) is 5.83. The van der Waals surface area contributed by atoms with Crippen LogP contribution in [0, 0.1) is 18.3 Å². The standard InChI is InChI=1S/C10H11NS/c1-9-3-2-4-10(7-9)8-12-6-5-11/h2-4,7H,6,8H2,1H3. The number of hydrogen-bond acceptors (Lipinski definition) is 2. The van der Waals surface area contributed by atoms with Crippen LogP contribution in [0.2, 0.25) is 0 Å². The largest absolute Gasteiger partial charge is 0.197 e. The van der Waals surface area contributed by atoms with Gasteiger partial charge < -0.3 is 0 Å². The van der Waals surface area contributed by atoms with E-state index in [0.717, 1.165) is 5.75 Å².